The smallest absolute Gasteiger partial charge is 0.206 e. The third kappa shape index (κ3) is 0.736. The van der Waals surface area contributed by atoms with Crippen LogP contribution in [0.1, 0.15) is 5.69 Å². The number of nitriles is 1. The van der Waals surface area contributed by atoms with Crippen molar-refractivity contribution < 1.29 is 0 Å². The Morgan fingerprint density at radius 2 is 2.33 bits per heavy atom. The molecule has 2 aromatic rings. The first-order valence-electron chi connectivity index (χ1n) is 3.45. The summed E-state index contributed by atoms with van der Waals surface area (Å²) < 4.78 is 1.68. The molecule has 0 radical (unpaired) electrons. The van der Waals surface area contributed by atoms with Gasteiger partial charge in [0.05, 0.1) is 5.52 Å². The van der Waals surface area contributed by atoms with Crippen molar-refractivity contribution in [2.24, 2.45) is 0 Å². The van der Waals surface area contributed by atoms with Crippen molar-refractivity contribution in [2.75, 3.05) is 5.73 Å². The molecule has 0 aliphatic rings. The Balaban J connectivity index is 2.94. The first-order valence-corrected chi connectivity index (χ1v) is 3.45. The van der Waals surface area contributed by atoms with Crippen LogP contribution in [0.4, 0.5) is 5.95 Å². The summed E-state index contributed by atoms with van der Waals surface area (Å²) in [6, 6.07) is 7.47. The van der Waals surface area contributed by atoms with Crippen molar-refractivity contribution in [1.29, 1.82) is 5.26 Å². The Morgan fingerprint density at radius 1 is 1.50 bits per heavy atom. The molecule has 0 amide bonds. The molecule has 0 bridgehead atoms. The van der Waals surface area contributed by atoms with E-state index in [1.807, 2.05) is 24.3 Å². The number of hydrogen-bond donors (Lipinski definition) is 1. The molecule has 0 unspecified atom stereocenters. The van der Waals surface area contributed by atoms with E-state index in [0.29, 0.717) is 11.6 Å². The van der Waals surface area contributed by atoms with E-state index in [2.05, 4.69) is 4.98 Å². The molecular formula is C8H6N4. The predicted molar refractivity (Wildman–Crippen MR) is 44.3 cm³/mol. The van der Waals surface area contributed by atoms with Crippen LogP contribution in [0.25, 0.3) is 5.52 Å². The predicted octanol–water partition coefficient (Wildman–Crippen LogP) is 0.788. The van der Waals surface area contributed by atoms with Crippen LogP contribution in [0.2, 0.25) is 0 Å². The fraction of sp³-hybridized carbons (Fsp3) is 0. The Kier molecular flexibility index (Phi) is 1.25. The Hall–Kier alpha value is -2.02. The maximum absolute atomic E-state index is 8.67. The Labute approximate surface area is 68.9 Å². The molecule has 0 aromatic carbocycles. The van der Waals surface area contributed by atoms with Crippen molar-refractivity contribution in [1.82, 2.24) is 9.38 Å². The van der Waals surface area contributed by atoms with Crippen molar-refractivity contribution in [3.8, 4) is 6.07 Å². The van der Waals surface area contributed by atoms with Gasteiger partial charge in [-0.1, -0.05) is 6.07 Å². The van der Waals surface area contributed by atoms with Crippen molar-refractivity contribution in [2.45, 2.75) is 0 Å². The molecule has 58 valence electrons. The van der Waals surface area contributed by atoms with E-state index in [4.69, 9.17) is 11.0 Å². The molecule has 2 N–H and O–H groups in total. The molecular weight excluding hydrogens is 152 g/mol. The van der Waals surface area contributed by atoms with Gasteiger partial charge in [-0.25, -0.2) is 4.98 Å². The fourth-order valence-electron chi connectivity index (χ4n) is 1.14. The van der Waals surface area contributed by atoms with Crippen LogP contribution in [0.5, 0.6) is 0 Å². The highest BCUT2D eigenvalue weighted by molar-refractivity contribution is 5.61. The summed E-state index contributed by atoms with van der Waals surface area (Å²) in [5.41, 5.74) is 6.67. The van der Waals surface area contributed by atoms with Crippen LogP contribution in [-0.4, -0.2) is 9.38 Å². The van der Waals surface area contributed by atoms with E-state index in [0.717, 1.165) is 5.52 Å². The van der Waals surface area contributed by atoms with E-state index in [-0.39, 0.29) is 0 Å². The number of pyridine rings is 1. The van der Waals surface area contributed by atoms with Crippen molar-refractivity contribution in [3.05, 3.63) is 30.1 Å². The van der Waals surface area contributed by atoms with E-state index in [1.165, 1.54) is 0 Å². The van der Waals surface area contributed by atoms with E-state index >= 15 is 0 Å². The molecule has 0 aliphatic heterocycles. The highest BCUT2D eigenvalue weighted by atomic mass is 15.1. The zero-order chi connectivity index (χ0) is 8.55. The summed E-state index contributed by atoms with van der Waals surface area (Å²) in [6.07, 6.45) is 1.78. The van der Waals surface area contributed by atoms with Crippen LogP contribution in [0.3, 0.4) is 0 Å². The highest BCUT2D eigenvalue weighted by Crippen LogP contribution is 2.12. The van der Waals surface area contributed by atoms with Gasteiger partial charge >= 0.3 is 0 Å². The first-order chi connectivity index (χ1) is 5.83. The molecule has 4 nitrogen and oxygen atoms in total. The van der Waals surface area contributed by atoms with Gasteiger partial charge in [0.15, 0.2) is 5.69 Å². The average molecular weight is 158 g/mol. The third-order valence-corrected chi connectivity index (χ3v) is 1.68. The van der Waals surface area contributed by atoms with Gasteiger partial charge in [-0.3, -0.25) is 4.40 Å². The van der Waals surface area contributed by atoms with Gasteiger partial charge in [0.1, 0.15) is 6.07 Å². The van der Waals surface area contributed by atoms with Gasteiger partial charge in [-0.15, -0.1) is 0 Å². The quantitative estimate of drug-likeness (QED) is 0.616. The molecule has 2 aromatic heterocycles. The van der Waals surface area contributed by atoms with Gasteiger partial charge < -0.3 is 5.73 Å². The zero-order valence-electron chi connectivity index (χ0n) is 6.23. The van der Waals surface area contributed by atoms with Crippen LogP contribution in [0, 0.1) is 11.3 Å². The maximum Gasteiger partial charge on any atom is 0.206 e. The molecule has 4 heteroatoms. The number of fused-ring (bicyclic) bond motifs is 1. The first kappa shape index (κ1) is 6.68. The topological polar surface area (TPSA) is 67.1 Å². The molecule has 0 saturated heterocycles. The Bertz CT molecular complexity index is 463. The summed E-state index contributed by atoms with van der Waals surface area (Å²) in [5, 5.41) is 8.67. The summed E-state index contributed by atoms with van der Waals surface area (Å²) in [7, 11) is 0. The van der Waals surface area contributed by atoms with Crippen LogP contribution in [0.15, 0.2) is 24.4 Å². The van der Waals surface area contributed by atoms with Gasteiger partial charge in [0, 0.05) is 6.20 Å². The zero-order valence-corrected chi connectivity index (χ0v) is 6.23. The number of aromatic nitrogens is 2. The van der Waals surface area contributed by atoms with Crippen molar-refractivity contribution in [3.63, 3.8) is 0 Å². The van der Waals surface area contributed by atoms with Crippen LogP contribution >= 0.6 is 0 Å². The van der Waals surface area contributed by atoms with Gasteiger partial charge in [-0.05, 0) is 12.1 Å². The standard InChI is InChI=1S/C8H6N4/c9-5-6-7-3-1-2-4-12(7)8(10)11-6/h1-4H,(H2,10,11). The number of anilines is 1. The lowest BCUT2D eigenvalue weighted by atomic mass is 10.3. The minimum absolute atomic E-state index is 0.349. The van der Waals surface area contributed by atoms with E-state index < -0.39 is 0 Å². The second-order valence-corrected chi connectivity index (χ2v) is 2.39. The third-order valence-electron chi connectivity index (χ3n) is 1.68. The minimum Gasteiger partial charge on any atom is -0.369 e. The van der Waals surface area contributed by atoms with Crippen molar-refractivity contribution >= 4 is 11.5 Å². The lowest BCUT2D eigenvalue weighted by Crippen LogP contribution is -1.92. The average Bonchev–Trinajstić information content (AvgIpc) is 2.44. The second kappa shape index (κ2) is 2.24. The molecule has 0 fully saturated rings. The maximum atomic E-state index is 8.67. The van der Waals surface area contributed by atoms with Crippen LogP contribution in [-0.2, 0) is 0 Å². The molecule has 2 heterocycles. The lowest BCUT2D eigenvalue weighted by Gasteiger charge is -1.91. The number of nitrogens with two attached hydrogens (primary N) is 1. The summed E-state index contributed by atoms with van der Waals surface area (Å²) in [4.78, 5) is 3.89. The SMILES string of the molecule is N#Cc1nc(N)n2ccccc12. The number of nitrogen functional groups attached to an aromatic ring is 1. The number of hydrogen-bond acceptors (Lipinski definition) is 3. The molecule has 0 aliphatic carbocycles. The second-order valence-electron chi connectivity index (χ2n) is 2.39. The summed E-state index contributed by atoms with van der Waals surface area (Å²) >= 11 is 0. The lowest BCUT2D eigenvalue weighted by molar-refractivity contribution is 1.17. The van der Waals surface area contributed by atoms with E-state index in [9.17, 15) is 0 Å². The molecule has 12 heavy (non-hydrogen) atoms. The molecule has 2 rings (SSSR count). The summed E-state index contributed by atoms with van der Waals surface area (Å²) in [6.45, 7) is 0. The monoisotopic (exact) mass is 158 g/mol. The van der Waals surface area contributed by atoms with Crippen LogP contribution < -0.4 is 5.73 Å². The largest absolute Gasteiger partial charge is 0.369 e. The Morgan fingerprint density at radius 3 is 3.08 bits per heavy atom. The number of rotatable bonds is 0. The molecule has 0 atom stereocenters. The molecule has 0 saturated carbocycles. The summed E-state index contributed by atoms with van der Waals surface area (Å²) in [5.74, 6) is 0.349. The number of imidazole rings is 1. The highest BCUT2D eigenvalue weighted by Gasteiger charge is 2.05. The van der Waals surface area contributed by atoms with Gasteiger partial charge in [0.2, 0.25) is 5.95 Å². The van der Waals surface area contributed by atoms with E-state index in [1.54, 1.807) is 10.6 Å². The minimum atomic E-state index is 0.349. The fourth-order valence-corrected chi connectivity index (χ4v) is 1.14. The number of nitrogens with zero attached hydrogens (tertiary/aromatic N) is 3. The normalized spacial score (nSPS) is 9.92. The van der Waals surface area contributed by atoms with Gasteiger partial charge in [0.25, 0.3) is 0 Å². The van der Waals surface area contributed by atoms with Gasteiger partial charge in [-0.2, -0.15) is 5.26 Å². The molecule has 0 spiro atoms.